The van der Waals surface area contributed by atoms with Gasteiger partial charge in [0.2, 0.25) is 5.88 Å². The maximum atomic E-state index is 5.22. The number of ether oxygens (including phenoxy) is 1. The molecule has 0 aliphatic carbocycles. The van der Waals surface area contributed by atoms with Crippen molar-refractivity contribution in [3.63, 3.8) is 0 Å². The number of benzene rings is 1. The third kappa shape index (κ3) is 2.87. The van der Waals surface area contributed by atoms with Crippen LogP contribution in [0.1, 0.15) is 17.2 Å². The van der Waals surface area contributed by atoms with Crippen LogP contribution < -0.4 is 15.4 Å². The zero-order chi connectivity index (χ0) is 14.7. The summed E-state index contributed by atoms with van der Waals surface area (Å²) < 4.78 is 5.10. The molecule has 21 heavy (non-hydrogen) atoms. The molecule has 3 rings (SSSR count). The Morgan fingerprint density at radius 3 is 2.62 bits per heavy atom. The normalized spacial score (nSPS) is 17.5. The summed E-state index contributed by atoms with van der Waals surface area (Å²) >= 11 is 5.22. The standard InChI is InChI=1S/C16H15N3OS/c1-20-14-8-7-12(9-17-14)15-13(10-18-16(21)19-15)11-5-3-2-4-6-11/h2-10,15H,1H3,(H2,18,19,21). The van der Waals surface area contributed by atoms with Crippen molar-refractivity contribution in [1.29, 1.82) is 0 Å². The summed E-state index contributed by atoms with van der Waals surface area (Å²) in [6.45, 7) is 0. The van der Waals surface area contributed by atoms with E-state index in [0.717, 1.165) is 16.7 Å². The zero-order valence-electron chi connectivity index (χ0n) is 11.5. The summed E-state index contributed by atoms with van der Waals surface area (Å²) in [6, 6.07) is 14.0. The Kier molecular flexibility index (Phi) is 3.83. The van der Waals surface area contributed by atoms with E-state index in [-0.39, 0.29) is 6.04 Å². The molecule has 0 amide bonds. The SMILES string of the molecule is COc1ccc(C2NC(=S)NC=C2c2ccccc2)cn1. The molecule has 106 valence electrons. The lowest BCUT2D eigenvalue weighted by Gasteiger charge is -2.28. The first-order valence-electron chi connectivity index (χ1n) is 6.60. The molecule has 1 aromatic carbocycles. The molecule has 1 aliphatic heterocycles. The van der Waals surface area contributed by atoms with Crippen molar-refractivity contribution in [1.82, 2.24) is 15.6 Å². The van der Waals surface area contributed by atoms with Crippen LogP contribution in [0.3, 0.4) is 0 Å². The van der Waals surface area contributed by atoms with Crippen LogP contribution in [0.4, 0.5) is 0 Å². The predicted molar refractivity (Wildman–Crippen MR) is 86.8 cm³/mol. The average molecular weight is 297 g/mol. The van der Waals surface area contributed by atoms with Crippen molar-refractivity contribution in [2.45, 2.75) is 6.04 Å². The van der Waals surface area contributed by atoms with Crippen molar-refractivity contribution in [2.24, 2.45) is 0 Å². The van der Waals surface area contributed by atoms with Gasteiger partial charge in [0.05, 0.1) is 13.2 Å². The van der Waals surface area contributed by atoms with E-state index in [1.165, 1.54) is 0 Å². The smallest absolute Gasteiger partial charge is 0.212 e. The van der Waals surface area contributed by atoms with Crippen molar-refractivity contribution >= 4 is 22.9 Å². The van der Waals surface area contributed by atoms with Crippen LogP contribution >= 0.6 is 12.2 Å². The van der Waals surface area contributed by atoms with Crippen molar-refractivity contribution in [3.05, 3.63) is 66.0 Å². The van der Waals surface area contributed by atoms with E-state index in [2.05, 4.69) is 27.8 Å². The van der Waals surface area contributed by atoms with Gasteiger partial charge in [-0.25, -0.2) is 4.98 Å². The number of nitrogens with one attached hydrogen (secondary N) is 2. The van der Waals surface area contributed by atoms with Crippen LogP contribution in [-0.4, -0.2) is 17.2 Å². The van der Waals surface area contributed by atoms with Crippen LogP contribution in [0, 0.1) is 0 Å². The maximum absolute atomic E-state index is 5.22. The highest BCUT2D eigenvalue weighted by molar-refractivity contribution is 7.80. The van der Waals surface area contributed by atoms with Gasteiger partial charge in [0, 0.05) is 24.0 Å². The first-order chi connectivity index (χ1) is 10.3. The fourth-order valence-electron chi connectivity index (χ4n) is 2.30. The minimum absolute atomic E-state index is 0.0282. The van der Waals surface area contributed by atoms with Gasteiger partial charge in [-0.2, -0.15) is 0 Å². The van der Waals surface area contributed by atoms with E-state index in [9.17, 15) is 0 Å². The molecule has 0 bridgehead atoms. The highest BCUT2D eigenvalue weighted by Crippen LogP contribution is 2.31. The van der Waals surface area contributed by atoms with Crippen LogP contribution in [-0.2, 0) is 0 Å². The fraction of sp³-hybridized carbons (Fsp3) is 0.125. The van der Waals surface area contributed by atoms with E-state index in [4.69, 9.17) is 17.0 Å². The molecule has 0 saturated heterocycles. The number of aromatic nitrogens is 1. The van der Waals surface area contributed by atoms with Gasteiger partial charge in [-0.05, 0) is 29.4 Å². The molecule has 0 saturated carbocycles. The number of methoxy groups -OCH3 is 1. The van der Waals surface area contributed by atoms with Gasteiger partial charge in [0.25, 0.3) is 0 Å². The number of hydrogen-bond donors (Lipinski definition) is 2. The lowest BCUT2D eigenvalue weighted by atomic mass is 9.93. The summed E-state index contributed by atoms with van der Waals surface area (Å²) in [5, 5.41) is 6.96. The van der Waals surface area contributed by atoms with E-state index >= 15 is 0 Å². The second-order valence-electron chi connectivity index (χ2n) is 4.65. The monoisotopic (exact) mass is 297 g/mol. The minimum Gasteiger partial charge on any atom is -0.481 e. The third-order valence-corrected chi connectivity index (χ3v) is 3.59. The van der Waals surface area contributed by atoms with Gasteiger partial charge in [0.1, 0.15) is 0 Å². The molecule has 0 fully saturated rings. The summed E-state index contributed by atoms with van der Waals surface area (Å²) in [5.74, 6) is 0.598. The predicted octanol–water partition coefficient (Wildman–Crippen LogP) is 2.65. The molecular formula is C16H15N3OS. The van der Waals surface area contributed by atoms with Crippen molar-refractivity contribution in [3.8, 4) is 5.88 Å². The lowest BCUT2D eigenvalue weighted by molar-refractivity contribution is 0.397. The van der Waals surface area contributed by atoms with E-state index in [1.807, 2.05) is 36.5 Å². The lowest BCUT2D eigenvalue weighted by Crippen LogP contribution is -2.40. The summed E-state index contributed by atoms with van der Waals surface area (Å²) in [4.78, 5) is 4.27. The van der Waals surface area contributed by atoms with Gasteiger partial charge >= 0.3 is 0 Å². The van der Waals surface area contributed by atoms with E-state index in [1.54, 1.807) is 13.3 Å². The Hall–Kier alpha value is -2.40. The summed E-state index contributed by atoms with van der Waals surface area (Å²) in [6.07, 6.45) is 3.75. The Labute approximate surface area is 128 Å². The molecular weight excluding hydrogens is 282 g/mol. The van der Waals surface area contributed by atoms with Gasteiger partial charge in [-0.15, -0.1) is 0 Å². The molecule has 2 heterocycles. The Bertz CT molecular complexity index is 668. The van der Waals surface area contributed by atoms with Crippen LogP contribution in [0.2, 0.25) is 0 Å². The molecule has 1 aliphatic rings. The first kappa shape index (κ1) is 13.6. The summed E-state index contributed by atoms with van der Waals surface area (Å²) in [5.41, 5.74) is 3.30. The average Bonchev–Trinajstić information content (AvgIpc) is 2.56. The molecule has 0 spiro atoms. The van der Waals surface area contributed by atoms with E-state index in [0.29, 0.717) is 11.0 Å². The van der Waals surface area contributed by atoms with Crippen LogP contribution in [0.5, 0.6) is 5.88 Å². The van der Waals surface area contributed by atoms with Crippen LogP contribution in [0.25, 0.3) is 5.57 Å². The molecule has 2 aromatic rings. The van der Waals surface area contributed by atoms with Gasteiger partial charge < -0.3 is 15.4 Å². The molecule has 5 heteroatoms. The molecule has 1 unspecified atom stereocenters. The van der Waals surface area contributed by atoms with Crippen molar-refractivity contribution in [2.75, 3.05) is 7.11 Å². The van der Waals surface area contributed by atoms with Crippen LogP contribution in [0.15, 0.2) is 54.9 Å². The first-order valence-corrected chi connectivity index (χ1v) is 7.01. The number of pyridine rings is 1. The fourth-order valence-corrected chi connectivity index (χ4v) is 2.48. The molecule has 4 nitrogen and oxygen atoms in total. The Balaban J connectivity index is 1.98. The van der Waals surface area contributed by atoms with Gasteiger partial charge in [-0.1, -0.05) is 30.3 Å². The number of hydrogen-bond acceptors (Lipinski definition) is 3. The largest absolute Gasteiger partial charge is 0.481 e. The zero-order valence-corrected chi connectivity index (χ0v) is 12.4. The molecule has 0 radical (unpaired) electrons. The highest BCUT2D eigenvalue weighted by Gasteiger charge is 2.22. The summed E-state index contributed by atoms with van der Waals surface area (Å²) in [7, 11) is 1.61. The topological polar surface area (TPSA) is 46.2 Å². The second-order valence-corrected chi connectivity index (χ2v) is 5.06. The number of rotatable bonds is 3. The van der Waals surface area contributed by atoms with Crippen molar-refractivity contribution < 1.29 is 4.74 Å². The van der Waals surface area contributed by atoms with Gasteiger partial charge in [0.15, 0.2) is 5.11 Å². The quantitative estimate of drug-likeness (QED) is 0.853. The number of thiocarbonyl (C=S) groups is 1. The van der Waals surface area contributed by atoms with E-state index < -0.39 is 0 Å². The highest BCUT2D eigenvalue weighted by atomic mass is 32.1. The maximum Gasteiger partial charge on any atom is 0.212 e. The number of nitrogens with zero attached hydrogens (tertiary/aromatic N) is 1. The minimum atomic E-state index is -0.0282. The second kappa shape index (κ2) is 5.93. The molecule has 1 aromatic heterocycles. The molecule has 2 N–H and O–H groups in total. The van der Waals surface area contributed by atoms with Gasteiger partial charge in [-0.3, -0.25) is 0 Å². The third-order valence-electron chi connectivity index (χ3n) is 3.35. The molecule has 1 atom stereocenters. The Morgan fingerprint density at radius 2 is 1.95 bits per heavy atom. The Morgan fingerprint density at radius 1 is 1.14 bits per heavy atom.